The second-order valence-electron chi connectivity index (χ2n) is 9.79. The molecular weight excluding hydrogens is 426 g/mol. The Morgan fingerprint density at radius 2 is 1.50 bits per heavy atom. The standard InChI is InChI=1S/C25H27NO5S/c1-24(2,3)15-11-14(12-16(20(15)27)25(4,5)6)13-19-21(28)26(22(29)23(30)31)17-9-7-8-10-18(17)32-19/h7-13,27H,1-6H3,(H,30,31). The van der Waals surface area contributed by atoms with Crippen molar-refractivity contribution in [2.24, 2.45) is 0 Å². The Kier molecular flexibility index (Phi) is 6.00. The fraction of sp³-hybridized carbons (Fsp3) is 0.320. The molecule has 2 N–H and O–H groups in total. The predicted molar refractivity (Wildman–Crippen MR) is 126 cm³/mol. The quantitative estimate of drug-likeness (QED) is 0.462. The first-order chi connectivity index (χ1) is 14.7. The zero-order chi connectivity index (χ0) is 24.0. The average Bonchev–Trinajstić information content (AvgIpc) is 2.67. The van der Waals surface area contributed by atoms with Gasteiger partial charge < -0.3 is 10.2 Å². The number of carbonyl (C=O) groups excluding carboxylic acids is 2. The highest BCUT2D eigenvalue weighted by Crippen LogP contribution is 2.44. The summed E-state index contributed by atoms with van der Waals surface area (Å²) in [6.45, 7) is 12.0. The van der Waals surface area contributed by atoms with Gasteiger partial charge in [0.25, 0.3) is 5.91 Å². The van der Waals surface area contributed by atoms with E-state index in [2.05, 4.69) is 0 Å². The van der Waals surface area contributed by atoms with Crippen LogP contribution in [0.2, 0.25) is 0 Å². The van der Waals surface area contributed by atoms with Gasteiger partial charge in [-0.05, 0) is 46.7 Å². The van der Waals surface area contributed by atoms with E-state index in [0.29, 0.717) is 15.4 Å². The van der Waals surface area contributed by atoms with Crippen molar-refractivity contribution in [1.82, 2.24) is 0 Å². The van der Waals surface area contributed by atoms with Gasteiger partial charge in [-0.25, -0.2) is 9.69 Å². The van der Waals surface area contributed by atoms with Crippen LogP contribution in [0.4, 0.5) is 5.69 Å². The maximum absolute atomic E-state index is 13.2. The molecule has 0 bridgehead atoms. The molecule has 1 aliphatic rings. The molecule has 0 saturated carbocycles. The lowest BCUT2D eigenvalue weighted by atomic mass is 9.78. The van der Waals surface area contributed by atoms with Crippen molar-refractivity contribution in [2.45, 2.75) is 57.3 Å². The molecule has 2 amide bonds. The van der Waals surface area contributed by atoms with Crippen molar-refractivity contribution in [3.8, 4) is 5.75 Å². The Labute approximate surface area is 191 Å². The van der Waals surface area contributed by atoms with Gasteiger partial charge >= 0.3 is 11.9 Å². The van der Waals surface area contributed by atoms with Crippen molar-refractivity contribution >= 4 is 41.3 Å². The lowest BCUT2D eigenvalue weighted by Gasteiger charge is -2.29. The number of hydrogen-bond donors (Lipinski definition) is 2. The second-order valence-corrected chi connectivity index (χ2v) is 10.9. The molecule has 0 aliphatic carbocycles. The molecule has 0 radical (unpaired) electrons. The van der Waals surface area contributed by atoms with E-state index >= 15 is 0 Å². The molecule has 168 valence electrons. The number of aromatic hydroxyl groups is 1. The highest BCUT2D eigenvalue weighted by atomic mass is 32.2. The summed E-state index contributed by atoms with van der Waals surface area (Å²) in [6, 6.07) is 10.4. The minimum Gasteiger partial charge on any atom is -0.507 e. The number of phenolic OH excluding ortho intramolecular Hbond substituents is 1. The molecule has 7 heteroatoms. The molecule has 2 aromatic carbocycles. The van der Waals surface area contributed by atoms with Crippen LogP contribution >= 0.6 is 11.8 Å². The fourth-order valence-electron chi connectivity index (χ4n) is 3.53. The summed E-state index contributed by atoms with van der Waals surface area (Å²) < 4.78 is 0. The molecule has 2 aromatic rings. The van der Waals surface area contributed by atoms with Gasteiger partial charge in [-0.1, -0.05) is 65.4 Å². The summed E-state index contributed by atoms with van der Waals surface area (Å²) in [6.07, 6.45) is 1.65. The number of amides is 2. The van der Waals surface area contributed by atoms with E-state index in [1.54, 1.807) is 30.3 Å². The van der Waals surface area contributed by atoms with Gasteiger partial charge in [-0.3, -0.25) is 9.59 Å². The number of fused-ring (bicyclic) bond motifs is 1. The number of benzene rings is 2. The molecule has 1 heterocycles. The van der Waals surface area contributed by atoms with Crippen molar-refractivity contribution < 1.29 is 24.6 Å². The monoisotopic (exact) mass is 453 g/mol. The van der Waals surface area contributed by atoms with E-state index in [-0.39, 0.29) is 27.2 Å². The maximum atomic E-state index is 13.2. The number of carboxylic acid groups (broad SMARTS) is 1. The Balaban J connectivity index is 2.21. The lowest BCUT2D eigenvalue weighted by Crippen LogP contribution is -2.43. The van der Waals surface area contributed by atoms with Crippen LogP contribution in [0.15, 0.2) is 46.2 Å². The highest BCUT2D eigenvalue weighted by molar-refractivity contribution is 8.04. The van der Waals surface area contributed by atoms with Crippen molar-refractivity contribution in [3.63, 3.8) is 0 Å². The Morgan fingerprint density at radius 3 is 2.00 bits per heavy atom. The summed E-state index contributed by atoms with van der Waals surface area (Å²) in [4.78, 5) is 38.4. The van der Waals surface area contributed by atoms with Crippen LogP contribution in [0.25, 0.3) is 6.08 Å². The predicted octanol–water partition coefficient (Wildman–Crippen LogP) is 5.08. The normalized spacial score (nSPS) is 15.6. The van der Waals surface area contributed by atoms with Crippen LogP contribution in [0.5, 0.6) is 5.75 Å². The van der Waals surface area contributed by atoms with Crippen LogP contribution in [0, 0.1) is 0 Å². The summed E-state index contributed by atoms with van der Waals surface area (Å²) in [5.74, 6) is -3.47. The summed E-state index contributed by atoms with van der Waals surface area (Å²) >= 11 is 1.19. The number of rotatable bonds is 1. The highest BCUT2D eigenvalue weighted by Gasteiger charge is 2.37. The number of anilines is 1. The Morgan fingerprint density at radius 1 is 0.969 bits per heavy atom. The minimum absolute atomic E-state index is 0.225. The lowest BCUT2D eigenvalue weighted by molar-refractivity contribution is -0.149. The number of aliphatic carboxylic acids is 1. The van der Waals surface area contributed by atoms with Gasteiger partial charge in [0.1, 0.15) is 5.75 Å². The molecule has 1 aliphatic heterocycles. The molecule has 0 atom stereocenters. The molecule has 0 spiro atoms. The number of nitrogens with zero attached hydrogens (tertiary/aromatic N) is 1. The van der Waals surface area contributed by atoms with Gasteiger partial charge in [-0.2, -0.15) is 0 Å². The van der Waals surface area contributed by atoms with E-state index in [4.69, 9.17) is 0 Å². The zero-order valence-electron chi connectivity index (χ0n) is 19.0. The first-order valence-corrected chi connectivity index (χ1v) is 11.0. The van der Waals surface area contributed by atoms with Crippen LogP contribution in [-0.4, -0.2) is 28.0 Å². The van der Waals surface area contributed by atoms with E-state index < -0.39 is 17.8 Å². The molecule has 32 heavy (non-hydrogen) atoms. The van der Waals surface area contributed by atoms with Gasteiger partial charge in [-0.15, -0.1) is 0 Å². The van der Waals surface area contributed by atoms with Crippen molar-refractivity contribution in [3.05, 3.63) is 58.0 Å². The molecule has 0 saturated heterocycles. The first kappa shape index (κ1) is 23.6. The molecule has 0 unspecified atom stereocenters. The Bertz CT molecular complexity index is 1120. The van der Waals surface area contributed by atoms with Gasteiger partial charge in [0, 0.05) is 16.0 Å². The van der Waals surface area contributed by atoms with E-state index in [9.17, 15) is 24.6 Å². The average molecular weight is 454 g/mol. The topological polar surface area (TPSA) is 94.9 Å². The zero-order valence-corrected chi connectivity index (χ0v) is 19.8. The number of para-hydroxylation sites is 1. The molecule has 0 fully saturated rings. The number of carbonyl (C=O) groups is 3. The third-order valence-electron chi connectivity index (χ3n) is 5.17. The third-order valence-corrected chi connectivity index (χ3v) is 6.25. The Hall–Kier alpha value is -3.06. The first-order valence-electron chi connectivity index (χ1n) is 10.2. The van der Waals surface area contributed by atoms with E-state index in [1.165, 1.54) is 11.8 Å². The van der Waals surface area contributed by atoms with Gasteiger partial charge in [0.2, 0.25) is 0 Å². The van der Waals surface area contributed by atoms with Crippen LogP contribution in [0.3, 0.4) is 0 Å². The molecule has 3 rings (SSSR count). The van der Waals surface area contributed by atoms with Crippen molar-refractivity contribution in [2.75, 3.05) is 4.90 Å². The summed E-state index contributed by atoms with van der Waals surface area (Å²) in [5.41, 5.74) is 1.73. The second kappa shape index (κ2) is 8.13. The minimum atomic E-state index is -1.70. The largest absolute Gasteiger partial charge is 0.507 e. The smallest absolute Gasteiger partial charge is 0.395 e. The van der Waals surface area contributed by atoms with E-state index in [1.807, 2.05) is 53.7 Å². The van der Waals surface area contributed by atoms with Gasteiger partial charge in [0.15, 0.2) is 0 Å². The number of phenols is 1. The van der Waals surface area contributed by atoms with E-state index in [0.717, 1.165) is 11.1 Å². The van der Waals surface area contributed by atoms with Crippen LogP contribution in [0.1, 0.15) is 58.2 Å². The summed E-state index contributed by atoms with van der Waals surface area (Å²) in [7, 11) is 0. The maximum Gasteiger partial charge on any atom is 0.395 e. The van der Waals surface area contributed by atoms with Gasteiger partial charge in [0.05, 0.1) is 10.6 Å². The van der Waals surface area contributed by atoms with Crippen molar-refractivity contribution in [1.29, 1.82) is 0 Å². The van der Waals surface area contributed by atoms with Crippen LogP contribution < -0.4 is 4.90 Å². The number of imide groups is 1. The third kappa shape index (κ3) is 4.43. The van der Waals surface area contributed by atoms with Crippen LogP contribution in [-0.2, 0) is 25.2 Å². The number of carboxylic acids is 1. The molecule has 6 nitrogen and oxygen atoms in total. The fourth-order valence-corrected chi connectivity index (χ4v) is 4.55. The summed E-state index contributed by atoms with van der Waals surface area (Å²) in [5, 5.41) is 20.2. The SMILES string of the molecule is CC(C)(C)c1cc(C=C2Sc3ccccc3N(C(=O)C(=O)O)C2=O)cc(C(C)(C)C)c1O. The number of thioether (sulfide) groups is 1. The molecular formula is C25H27NO5S. The molecule has 0 aromatic heterocycles. The number of hydrogen-bond acceptors (Lipinski definition) is 5.